The largest absolute Gasteiger partial charge is 0.481 e. The summed E-state index contributed by atoms with van der Waals surface area (Å²) < 4.78 is 0. The lowest BCUT2D eigenvalue weighted by atomic mass is 10.1. The first-order chi connectivity index (χ1) is 11.0. The highest BCUT2D eigenvalue weighted by Crippen LogP contribution is 2.00. The van der Waals surface area contributed by atoms with E-state index in [0.29, 0.717) is 0 Å². The standard InChI is InChI=1S/C13H22N4O7/c1-6(14)11(22)17-8(3-4-9(18)19)13(24)16-7(2)12(23)15-5-10(20)21/h6-8H,3-5,14H2,1-2H3,(H,15,23)(H,16,24)(H,17,22)(H,18,19)(H,20,21). The number of carboxylic acids is 2. The Morgan fingerprint density at radius 3 is 1.96 bits per heavy atom. The zero-order chi connectivity index (χ0) is 18.9. The second kappa shape index (κ2) is 10.2. The smallest absolute Gasteiger partial charge is 0.322 e. The van der Waals surface area contributed by atoms with E-state index in [9.17, 15) is 24.0 Å². The van der Waals surface area contributed by atoms with Gasteiger partial charge in [0.05, 0.1) is 6.04 Å². The lowest BCUT2D eigenvalue weighted by Gasteiger charge is -2.21. The molecule has 0 saturated carbocycles. The number of carbonyl (C=O) groups is 5. The number of carbonyl (C=O) groups excluding carboxylic acids is 3. The fourth-order valence-electron chi connectivity index (χ4n) is 1.54. The molecule has 3 atom stereocenters. The van der Waals surface area contributed by atoms with Gasteiger partial charge in [-0.15, -0.1) is 0 Å². The van der Waals surface area contributed by atoms with Gasteiger partial charge in [0.2, 0.25) is 17.7 Å². The van der Waals surface area contributed by atoms with Crippen LogP contribution in [0.2, 0.25) is 0 Å². The minimum absolute atomic E-state index is 0.191. The van der Waals surface area contributed by atoms with Crippen molar-refractivity contribution in [3.05, 3.63) is 0 Å². The molecular weight excluding hydrogens is 324 g/mol. The Balaban J connectivity index is 4.77. The number of hydrogen-bond donors (Lipinski definition) is 6. The predicted octanol–water partition coefficient (Wildman–Crippen LogP) is -2.61. The van der Waals surface area contributed by atoms with E-state index >= 15 is 0 Å². The van der Waals surface area contributed by atoms with Crippen LogP contribution in [0.5, 0.6) is 0 Å². The number of amides is 3. The summed E-state index contributed by atoms with van der Waals surface area (Å²) in [4.78, 5) is 56.3. The van der Waals surface area contributed by atoms with Gasteiger partial charge >= 0.3 is 11.9 Å². The minimum Gasteiger partial charge on any atom is -0.481 e. The van der Waals surface area contributed by atoms with Crippen molar-refractivity contribution in [2.75, 3.05) is 6.54 Å². The van der Waals surface area contributed by atoms with Crippen molar-refractivity contribution in [1.29, 1.82) is 0 Å². The molecule has 11 heteroatoms. The second-order valence-corrected chi connectivity index (χ2v) is 5.12. The van der Waals surface area contributed by atoms with Crippen LogP contribution >= 0.6 is 0 Å². The molecule has 0 fully saturated rings. The van der Waals surface area contributed by atoms with Gasteiger partial charge in [0.1, 0.15) is 18.6 Å². The van der Waals surface area contributed by atoms with Gasteiger partial charge < -0.3 is 31.9 Å². The van der Waals surface area contributed by atoms with Crippen molar-refractivity contribution in [3.63, 3.8) is 0 Å². The van der Waals surface area contributed by atoms with Crippen molar-refractivity contribution in [1.82, 2.24) is 16.0 Å². The Kier molecular flexibility index (Phi) is 9.02. The Hall–Kier alpha value is -2.69. The third kappa shape index (κ3) is 8.68. The molecule has 0 aliphatic rings. The van der Waals surface area contributed by atoms with Crippen molar-refractivity contribution in [2.45, 2.75) is 44.8 Å². The molecular formula is C13H22N4O7. The van der Waals surface area contributed by atoms with E-state index in [0.717, 1.165) is 0 Å². The monoisotopic (exact) mass is 346 g/mol. The highest BCUT2D eigenvalue weighted by molar-refractivity contribution is 5.93. The number of nitrogens with one attached hydrogen (secondary N) is 3. The van der Waals surface area contributed by atoms with E-state index in [1.165, 1.54) is 13.8 Å². The van der Waals surface area contributed by atoms with Gasteiger partial charge in [-0.3, -0.25) is 24.0 Å². The molecule has 0 bridgehead atoms. The normalized spacial score (nSPS) is 14.0. The molecule has 0 aromatic carbocycles. The van der Waals surface area contributed by atoms with Crippen LogP contribution in [-0.4, -0.2) is 64.5 Å². The van der Waals surface area contributed by atoms with Crippen molar-refractivity contribution in [3.8, 4) is 0 Å². The van der Waals surface area contributed by atoms with E-state index in [1.54, 1.807) is 0 Å². The molecule has 136 valence electrons. The molecule has 3 amide bonds. The molecule has 0 aromatic rings. The highest BCUT2D eigenvalue weighted by atomic mass is 16.4. The molecule has 0 aliphatic carbocycles. The van der Waals surface area contributed by atoms with Gasteiger partial charge in [-0.2, -0.15) is 0 Å². The summed E-state index contributed by atoms with van der Waals surface area (Å²) in [6, 6.07) is -3.16. The average Bonchev–Trinajstić information content (AvgIpc) is 2.47. The SMILES string of the molecule is CC(N)C(=O)NC(CCC(=O)O)C(=O)NC(C)C(=O)NCC(=O)O. The average molecular weight is 346 g/mol. The van der Waals surface area contributed by atoms with Gasteiger partial charge in [-0.25, -0.2) is 0 Å². The number of hydrogen-bond acceptors (Lipinski definition) is 6. The number of rotatable bonds is 10. The maximum Gasteiger partial charge on any atom is 0.322 e. The molecule has 11 nitrogen and oxygen atoms in total. The zero-order valence-electron chi connectivity index (χ0n) is 13.4. The first-order valence-electron chi connectivity index (χ1n) is 7.12. The zero-order valence-corrected chi connectivity index (χ0v) is 13.4. The van der Waals surface area contributed by atoms with Crippen LogP contribution < -0.4 is 21.7 Å². The lowest BCUT2D eigenvalue weighted by molar-refractivity contribution is -0.138. The van der Waals surface area contributed by atoms with Crippen molar-refractivity contribution < 1.29 is 34.2 Å². The Labute approximate surface area is 138 Å². The molecule has 0 aromatic heterocycles. The molecule has 24 heavy (non-hydrogen) atoms. The van der Waals surface area contributed by atoms with Crippen molar-refractivity contribution in [2.24, 2.45) is 5.73 Å². The van der Waals surface area contributed by atoms with Gasteiger partial charge in [-0.1, -0.05) is 0 Å². The molecule has 0 saturated heterocycles. The fraction of sp³-hybridized carbons (Fsp3) is 0.615. The van der Waals surface area contributed by atoms with Crippen LogP contribution in [0.4, 0.5) is 0 Å². The van der Waals surface area contributed by atoms with E-state index in [4.69, 9.17) is 15.9 Å². The third-order valence-electron chi connectivity index (χ3n) is 2.86. The van der Waals surface area contributed by atoms with Gasteiger partial charge in [0.25, 0.3) is 0 Å². The summed E-state index contributed by atoms with van der Waals surface area (Å²) >= 11 is 0. The lowest BCUT2D eigenvalue weighted by Crippen LogP contribution is -2.55. The third-order valence-corrected chi connectivity index (χ3v) is 2.86. The minimum atomic E-state index is -1.24. The molecule has 0 rings (SSSR count). The van der Waals surface area contributed by atoms with Crippen LogP contribution in [0.3, 0.4) is 0 Å². The van der Waals surface area contributed by atoms with Gasteiger partial charge in [0.15, 0.2) is 0 Å². The second-order valence-electron chi connectivity index (χ2n) is 5.12. The Morgan fingerprint density at radius 2 is 1.50 bits per heavy atom. The Morgan fingerprint density at radius 1 is 0.917 bits per heavy atom. The van der Waals surface area contributed by atoms with E-state index in [2.05, 4.69) is 16.0 Å². The van der Waals surface area contributed by atoms with Gasteiger partial charge in [0, 0.05) is 6.42 Å². The number of nitrogens with two attached hydrogens (primary N) is 1. The van der Waals surface area contributed by atoms with E-state index < -0.39 is 54.3 Å². The summed E-state index contributed by atoms with van der Waals surface area (Å²) in [5.74, 6) is -4.56. The van der Waals surface area contributed by atoms with Crippen LogP contribution in [-0.2, 0) is 24.0 Å². The summed E-state index contributed by atoms with van der Waals surface area (Å²) in [5, 5.41) is 23.8. The molecule has 0 spiro atoms. The highest BCUT2D eigenvalue weighted by Gasteiger charge is 2.26. The Bertz CT molecular complexity index is 507. The summed E-state index contributed by atoms with van der Waals surface area (Å²) in [6.07, 6.45) is -0.569. The molecule has 3 unspecified atom stereocenters. The quantitative estimate of drug-likeness (QED) is 0.248. The fourth-order valence-corrected chi connectivity index (χ4v) is 1.54. The maximum atomic E-state index is 12.1. The van der Waals surface area contributed by atoms with Crippen LogP contribution in [0.15, 0.2) is 0 Å². The summed E-state index contributed by atoms with van der Waals surface area (Å²) in [5.41, 5.74) is 5.38. The first-order valence-corrected chi connectivity index (χ1v) is 7.12. The molecule has 0 radical (unpaired) electrons. The molecule has 7 N–H and O–H groups in total. The van der Waals surface area contributed by atoms with Crippen LogP contribution in [0, 0.1) is 0 Å². The van der Waals surface area contributed by atoms with Crippen LogP contribution in [0.25, 0.3) is 0 Å². The first kappa shape index (κ1) is 21.3. The summed E-state index contributed by atoms with van der Waals surface area (Å²) in [6.45, 7) is 2.10. The molecule has 0 aliphatic heterocycles. The number of carboxylic acid groups (broad SMARTS) is 2. The maximum absolute atomic E-state index is 12.1. The van der Waals surface area contributed by atoms with Crippen molar-refractivity contribution >= 4 is 29.7 Å². The van der Waals surface area contributed by atoms with E-state index in [-0.39, 0.29) is 12.8 Å². The predicted molar refractivity (Wildman–Crippen MR) is 80.7 cm³/mol. The number of aliphatic carboxylic acids is 2. The topological polar surface area (TPSA) is 188 Å². The molecule has 0 heterocycles. The summed E-state index contributed by atoms with van der Waals surface area (Å²) in [7, 11) is 0. The van der Waals surface area contributed by atoms with E-state index in [1.807, 2.05) is 0 Å². The van der Waals surface area contributed by atoms with Gasteiger partial charge in [-0.05, 0) is 20.3 Å². The van der Waals surface area contributed by atoms with Crippen LogP contribution in [0.1, 0.15) is 26.7 Å².